The molecule has 9 heterocycles. The molecule has 9 aliphatic heterocycles. The highest BCUT2D eigenvalue weighted by molar-refractivity contribution is 5.73. The average molecular weight is 1510 g/mol. The van der Waals surface area contributed by atoms with Crippen molar-refractivity contribution in [1.29, 1.82) is 0 Å². The molecular formula is C58H98N2O43. The Morgan fingerprint density at radius 2 is 0.583 bits per heavy atom. The van der Waals surface area contributed by atoms with Crippen LogP contribution in [0.15, 0.2) is 0 Å². The summed E-state index contributed by atoms with van der Waals surface area (Å²) in [7, 11) is 0. The summed E-state index contributed by atoms with van der Waals surface area (Å²) in [5.74, 6) is -1.95. The molecule has 26 N–H and O–H groups in total. The number of ether oxygens (including phenoxy) is 17. The molecule has 9 rings (SSSR count). The topological polar surface area (TPSA) is 701 Å². The molecule has 45 nitrogen and oxygen atoms in total. The fraction of sp³-hybridized carbons (Fsp3) is 0.966. The third-order valence-electron chi connectivity index (χ3n) is 19.4. The predicted octanol–water partition coefficient (Wildman–Crippen LogP) is -17.3. The first-order valence-corrected chi connectivity index (χ1v) is 33.2. The van der Waals surface area contributed by atoms with Crippen molar-refractivity contribution < 1.29 is 213 Å². The van der Waals surface area contributed by atoms with Crippen molar-refractivity contribution in [3.05, 3.63) is 0 Å². The molecule has 0 aromatic rings. The highest BCUT2D eigenvalue weighted by Crippen LogP contribution is 2.40. The van der Waals surface area contributed by atoms with Crippen LogP contribution in [-0.2, 0) is 90.1 Å². The van der Waals surface area contributed by atoms with Gasteiger partial charge in [0, 0.05) is 13.8 Å². The molecule has 9 saturated heterocycles. The molecule has 0 aliphatic carbocycles. The maximum Gasteiger partial charge on any atom is 0.217 e. The fourth-order valence-electron chi connectivity index (χ4n) is 13.5. The SMILES string of the molecule is CC(=O)N[C@H]1[C@H](O[C@H]2[C@@H](O)[C@@H](CO[C@@H]3O[C@H](CO)[C@@H](O[C@@H]4O[C@H](CO)[C@H](O)[C@H](O)[C@H]4O[C@@H]4O[C@@H](C)[C@@H](O)[C@@H](O)[C@@H]4O)[C@H](O[C@@H]4O[C@@H](C)[C@@H](O)[C@@H](O)[C@@H]4O)[C@H]3NC(C)=O)O[C@@H](O[C@H]3[C@H](O)[C@@H](O)[C@H](O)O[C@@H]3CO)[C@@H]2O)O[C@H](CO)[C@@H](O[C@@H]2O[C@H](CO)[C@H](O)[C@H](O)[C@H]2O)[C@@H]1O[C@@H]1O[C@@H](C)[C@@H](O)[C@@H](O)[C@@H]1O. The zero-order valence-corrected chi connectivity index (χ0v) is 55.7. The van der Waals surface area contributed by atoms with Crippen LogP contribution in [0.25, 0.3) is 0 Å². The first-order chi connectivity index (χ1) is 48.6. The van der Waals surface area contributed by atoms with Crippen LogP contribution in [0.3, 0.4) is 0 Å². The Hall–Kier alpha value is -2.70. The third-order valence-corrected chi connectivity index (χ3v) is 19.4. The van der Waals surface area contributed by atoms with E-state index in [9.17, 15) is 132 Å². The number of carbonyl (C=O) groups excluding carboxylic acids is 2. The lowest BCUT2D eigenvalue weighted by Gasteiger charge is -2.52. The minimum Gasteiger partial charge on any atom is -0.394 e. The molecule has 0 saturated carbocycles. The molecule has 45 heteroatoms. The van der Waals surface area contributed by atoms with E-state index in [1.54, 1.807) is 0 Å². The Morgan fingerprint density at radius 1 is 0.272 bits per heavy atom. The van der Waals surface area contributed by atoms with E-state index < -0.39 is 328 Å². The number of amides is 2. The van der Waals surface area contributed by atoms with E-state index in [1.165, 1.54) is 20.8 Å². The molecule has 0 unspecified atom stereocenters. The number of hydrogen-bond donors (Lipinski definition) is 26. The van der Waals surface area contributed by atoms with Gasteiger partial charge in [-0.25, -0.2) is 0 Å². The van der Waals surface area contributed by atoms with Gasteiger partial charge in [-0.1, -0.05) is 0 Å². The zero-order chi connectivity index (χ0) is 75.8. The quantitative estimate of drug-likeness (QED) is 0.0427. The summed E-state index contributed by atoms with van der Waals surface area (Å²) in [5.41, 5.74) is 0. The van der Waals surface area contributed by atoms with Crippen molar-refractivity contribution >= 4 is 11.8 Å². The van der Waals surface area contributed by atoms with E-state index in [2.05, 4.69) is 10.6 Å². The molecule has 9 fully saturated rings. The van der Waals surface area contributed by atoms with Crippen LogP contribution in [0.1, 0.15) is 34.6 Å². The monoisotopic (exact) mass is 1510 g/mol. The Balaban J connectivity index is 1.08. The van der Waals surface area contributed by atoms with Crippen LogP contribution < -0.4 is 10.6 Å². The normalized spacial score (nSPS) is 52.3. The van der Waals surface area contributed by atoms with Crippen molar-refractivity contribution in [1.82, 2.24) is 10.6 Å². The summed E-state index contributed by atoms with van der Waals surface area (Å²) in [5, 5.41) is 269. The van der Waals surface area contributed by atoms with Crippen LogP contribution in [0.5, 0.6) is 0 Å². The van der Waals surface area contributed by atoms with Crippen LogP contribution >= 0.6 is 0 Å². The van der Waals surface area contributed by atoms with E-state index >= 15 is 0 Å². The maximum atomic E-state index is 13.5. The maximum absolute atomic E-state index is 13.5. The molecule has 0 radical (unpaired) electrons. The molecule has 0 spiro atoms. The first kappa shape index (κ1) is 84.3. The van der Waals surface area contributed by atoms with Crippen LogP contribution in [0.4, 0.5) is 0 Å². The summed E-state index contributed by atoms with van der Waals surface area (Å²) < 4.78 is 102. The molecule has 598 valence electrons. The van der Waals surface area contributed by atoms with Crippen molar-refractivity contribution in [2.75, 3.05) is 39.6 Å². The van der Waals surface area contributed by atoms with Crippen LogP contribution in [0, 0.1) is 0 Å². The minimum absolute atomic E-state index is 0.937. The van der Waals surface area contributed by atoms with Gasteiger partial charge in [0.2, 0.25) is 11.8 Å². The second-order valence-corrected chi connectivity index (χ2v) is 26.6. The average Bonchev–Trinajstić information content (AvgIpc) is 0.765. The molecule has 2 amide bonds. The van der Waals surface area contributed by atoms with E-state index in [0.717, 1.165) is 13.8 Å². The molecular weight excluding hydrogens is 1410 g/mol. The number of hydrogen-bond acceptors (Lipinski definition) is 43. The number of rotatable bonds is 24. The van der Waals surface area contributed by atoms with E-state index in [0.29, 0.717) is 0 Å². The number of carbonyl (C=O) groups is 2. The van der Waals surface area contributed by atoms with Crippen LogP contribution in [-0.4, -0.2) is 450 Å². The smallest absolute Gasteiger partial charge is 0.217 e. The van der Waals surface area contributed by atoms with Gasteiger partial charge in [0.25, 0.3) is 0 Å². The lowest BCUT2D eigenvalue weighted by Crippen LogP contribution is -2.71. The van der Waals surface area contributed by atoms with Crippen molar-refractivity contribution in [2.24, 2.45) is 0 Å². The molecule has 9 aliphatic rings. The molecule has 45 atom stereocenters. The van der Waals surface area contributed by atoms with Gasteiger partial charge < -0.3 is 214 Å². The third kappa shape index (κ3) is 18.0. The second-order valence-electron chi connectivity index (χ2n) is 26.6. The summed E-state index contributed by atoms with van der Waals surface area (Å²) in [6.07, 6.45) is -85.9. The number of nitrogens with one attached hydrogen (secondary N) is 2. The zero-order valence-electron chi connectivity index (χ0n) is 55.7. The lowest BCUT2D eigenvalue weighted by molar-refractivity contribution is -0.398. The Kier molecular flexibility index (Phi) is 29.5. The molecule has 103 heavy (non-hydrogen) atoms. The summed E-state index contributed by atoms with van der Waals surface area (Å²) in [6, 6.07) is -3.94. The van der Waals surface area contributed by atoms with Gasteiger partial charge in [0.05, 0.1) is 58.0 Å². The van der Waals surface area contributed by atoms with Gasteiger partial charge in [0.1, 0.15) is 201 Å². The molecule has 0 aromatic carbocycles. The Labute approximate surface area is 584 Å². The van der Waals surface area contributed by atoms with Gasteiger partial charge in [-0.15, -0.1) is 0 Å². The van der Waals surface area contributed by atoms with Crippen molar-refractivity contribution in [2.45, 2.75) is 311 Å². The van der Waals surface area contributed by atoms with E-state index in [1.807, 2.05) is 0 Å². The van der Waals surface area contributed by atoms with Gasteiger partial charge >= 0.3 is 0 Å². The Bertz CT molecular complexity index is 2660. The van der Waals surface area contributed by atoms with Crippen molar-refractivity contribution in [3.63, 3.8) is 0 Å². The van der Waals surface area contributed by atoms with Gasteiger partial charge in [-0.3, -0.25) is 9.59 Å². The van der Waals surface area contributed by atoms with Gasteiger partial charge in [-0.05, 0) is 20.8 Å². The lowest BCUT2D eigenvalue weighted by atomic mass is 9.93. The minimum atomic E-state index is -2.46. The molecule has 0 bridgehead atoms. The summed E-state index contributed by atoms with van der Waals surface area (Å²) in [4.78, 5) is 26.9. The second kappa shape index (κ2) is 36.0. The largest absolute Gasteiger partial charge is 0.394 e. The standard InChI is InChI=1S/C58H98N2O43/c1-12-25(68)31(74)38(81)53(88-12)100-46-23(59-15(4)66)51(94-20(9-64)45(46)99-58-49(35(78)29(72)18(7-62)93-58)103-55-40(83)33(76)27(70)14(3)90-55)87-11-22-30(73)48(42(85)57(96-22)97-43-19(8-63)91-50(86)37(80)36(43)79)102-52-24(60-16(5)67)47(101-54-39(82)32(75)26(69)13(2)89-54)44(21(10-65)95-52)98-56-41(84)34(77)28(71)17(6-61)92-56/h12-14,17-58,61-65,68-86H,6-11H2,1-5H3,(H,59,66)(H,60,67)/t12-,13-,14-,17+,18+,19+,20+,21+,22+,23+,24+,25+,26+,27+,28-,29-,30-,31+,32+,33+,34-,35-,36+,37+,38-,39-,40-,41+,42+,43+,44+,45+,46+,47+,48-,49+,50+,51+,52-,53-,54-,55-,56-,57-,58-/m0/s1. The first-order valence-electron chi connectivity index (χ1n) is 33.2. The van der Waals surface area contributed by atoms with E-state index in [-0.39, 0.29) is 0 Å². The summed E-state index contributed by atoms with van der Waals surface area (Å²) >= 11 is 0. The van der Waals surface area contributed by atoms with Crippen molar-refractivity contribution in [3.8, 4) is 0 Å². The number of aliphatic hydroxyl groups is 24. The highest BCUT2D eigenvalue weighted by Gasteiger charge is 2.61. The van der Waals surface area contributed by atoms with Gasteiger partial charge in [-0.2, -0.15) is 0 Å². The highest BCUT2D eigenvalue weighted by atomic mass is 16.8. The fourth-order valence-corrected chi connectivity index (χ4v) is 13.5. The van der Waals surface area contributed by atoms with E-state index in [4.69, 9.17) is 80.5 Å². The van der Waals surface area contributed by atoms with Crippen LogP contribution in [0.2, 0.25) is 0 Å². The number of aliphatic hydroxyl groups excluding tert-OH is 24. The Morgan fingerprint density at radius 3 is 1.03 bits per heavy atom. The van der Waals surface area contributed by atoms with Gasteiger partial charge in [0.15, 0.2) is 56.6 Å². The summed E-state index contributed by atoms with van der Waals surface area (Å²) in [6.45, 7) is -0.952. The predicted molar refractivity (Wildman–Crippen MR) is 316 cm³/mol. The molecule has 0 aromatic heterocycles.